The van der Waals surface area contributed by atoms with Gasteiger partial charge < -0.3 is 25.0 Å². The van der Waals surface area contributed by atoms with E-state index in [1.54, 1.807) is 26.1 Å². The van der Waals surface area contributed by atoms with Crippen molar-refractivity contribution in [2.45, 2.75) is 25.7 Å². The lowest BCUT2D eigenvalue weighted by atomic mass is 9.98. The van der Waals surface area contributed by atoms with Crippen LogP contribution in [0, 0.1) is 0 Å². The number of methoxy groups -OCH3 is 1. The molecule has 1 aromatic carbocycles. The molecule has 31 heavy (non-hydrogen) atoms. The Kier molecular flexibility index (Phi) is 11.2. The Morgan fingerprint density at radius 3 is 2.52 bits per heavy atom. The largest absolute Gasteiger partial charge is 0.497 e. The molecular formula is C23H39N5O3. The predicted octanol–water partition coefficient (Wildman–Crippen LogP) is 1.53. The van der Waals surface area contributed by atoms with Crippen LogP contribution in [-0.4, -0.2) is 95.4 Å². The molecular weight excluding hydrogens is 394 g/mol. The average Bonchev–Trinajstić information content (AvgIpc) is 2.80. The number of morpholine rings is 1. The molecule has 0 saturated carbocycles. The normalized spacial score (nSPS) is 15.9. The minimum absolute atomic E-state index is 0.0129. The summed E-state index contributed by atoms with van der Waals surface area (Å²) in [4.78, 5) is 20.4. The molecule has 1 amide bonds. The first-order valence-corrected chi connectivity index (χ1v) is 11.2. The van der Waals surface area contributed by atoms with E-state index in [0.29, 0.717) is 11.9 Å². The maximum absolute atomic E-state index is 11.9. The lowest BCUT2D eigenvalue weighted by molar-refractivity contribution is -0.127. The summed E-state index contributed by atoms with van der Waals surface area (Å²) in [5.41, 5.74) is 1.28. The number of nitrogens with zero attached hydrogens (tertiary/aromatic N) is 3. The summed E-state index contributed by atoms with van der Waals surface area (Å²) >= 11 is 0. The molecule has 1 aromatic rings. The summed E-state index contributed by atoms with van der Waals surface area (Å²) in [5.74, 6) is 1.96. The van der Waals surface area contributed by atoms with Crippen molar-refractivity contribution in [3.8, 4) is 5.75 Å². The molecule has 0 spiro atoms. The molecule has 8 nitrogen and oxygen atoms in total. The van der Waals surface area contributed by atoms with Crippen molar-refractivity contribution < 1.29 is 14.3 Å². The third-order valence-corrected chi connectivity index (χ3v) is 5.47. The van der Waals surface area contributed by atoms with Gasteiger partial charge in [-0.05, 0) is 43.0 Å². The van der Waals surface area contributed by atoms with E-state index in [2.05, 4.69) is 39.6 Å². The fourth-order valence-corrected chi connectivity index (χ4v) is 3.30. The topological polar surface area (TPSA) is 78.4 Å². The maximum Gasteiger partial charge on any atom is 0.243 e. The number of amides is 1. The summed E-state index contributed by atoms with van der Waals surface area (Å²) < 4.78 is 10.6. The number of carbonyl (C=O) groups excluding carboxylic acids is 1. The molecule has 0 aliphatic carbocycles. The predicted molar refractivity (Wildman–Crippen MR) is 125 cm³/mol. The van der Waals surface area contributed by atoms with Gasteiger partial charge in [0.25, 0.3) is 0 Å². The molecule has 1 saturated heterocycles. The number of ether oxygens (including phenoxy) is 2. The van der Waals surface area contributed by atoms with Gasteiger partial charge in [0.2, 0.25) is 5.91 Å². The molecule has 1 heterocycles. The van der Waals surface area contributed by atoms with Gasteiger partial charge in [0.15, 0.2) is 5.96 Å². The lowest BCUT2D eigenvalue weighted by Crippen LogP contribution is -2.41. The Balaban J connectivity index is 1.79. The Labute approximate surface area is 187 Å². The van der Waals surface area contributed by atoms with Crippen molar-refractivity contribution in [2.75, 3.05) is 73.7 Å². The molecule has 0 bridgehead atoms. The fourth-order valence-electron chi connectivity index (χ4n) is 3.30. The number of hydrogen-bond donors (Lipinski definition) is 2. The molecule has 174 valence electrons. The van der Waals surface area contributed by atoms with Crippen LogP contribution < -0.4 is 15.4 Å². The zero-order valence-corrected chi connectivity index (χ0v) is 19.5. The molecule has 1 aliphatic heterocycles. The molecule has 0 aromatic heterocycles. The monoisotopic (exact) mass is 433 g/mol. The summed E-state index contributed by atoms with van der Waals surface area (Å²) in [6.07, 6.45) is 1.98. The second-order valence-electron chi connectivity index (χ2n) is 8.08. The van der Waals surface area contributed by atoms with Gasteiger partial charge in [-0.2, -0.15) is 0 Å². The quantitative estimate of drug-likeness (QED) is 0.313. The van der Waals surface area contributed by atoms with Crippen molar-refractivity contribution in [3.05, 3.63) is 29.8 Å². The Bertz CT molecular complexity index is 672. The first-order chi connectivity index (χ1) is 15.0. The standard InChI is InChI=1S/C23H39N5O3/c1-19(20-6-8-21(30-4)9-7-20)10-12-25-23(26-18-22(29)27(2)3)24-11-5-13-28-14-16-31-17-15-28/h6-9,19H,5,10-18H2,1-4H3,(H2,24,25,26). The molecule has 2 rings (SSSR count). The Morgan fingerprint density at radius 2 is 1.87 bits per heavy atom. The van der Waals surface area contributed by atoms with E-state index in [1.165, 1.54) is 5.56 Å². The van der Waals surface area contributed by atoms with Crippen LogP contribution >= 0.6 is 0 Å². The second kappa shape index (κ2) is 13.9. The van der Waals surface area contributed by atoms with E-state index < -0.39 is 0 Å². The molecule has 8 heteroatoms. The van der Waals surface area contributed by atoms with E-state index >= 15 is 0 Å². The number of hydrogen-bond acceptors (Lipinski definition) is 5. The van der Waals surface area contributed by atoms with E-state index in [1.807, 2.05) is 12.1 Å². The van der Waals surface area contributed by atoms with Crippen LogP contribution in [0.25, 0.3) is 0 Å². The average molecular weight is 434 g/mol. The van der Waals surface area contributed by atoms with Crippen LogP contribution in [-0.2, 0) is 9.53 Å². The highest BCUT2D eigenvalue weighted by Crippen LogP contribution is 2.21. The van der Waals surface area contributed by atoms with Crippen LogP contribution in [0.1, 0.15) is 31.2 Å². The number of nitrogens with one attached hydrogen (secondary N) is 2. The first-order valence-electron chi connectivity index (χ1n) is 11.2. The number of guanidine groups is 1. The summed E-state index contributed by atoms with van der Waals surface area (Å²) in [5, 5.41) is 6.76. The third kappa shape index (κ3) is 9.57. The van der Waals surface area contributed by atoms with Crippen LogP contribution in [0.5, 0.6) is 5.75 Å². The Morgan fingerprint density at radius 1 is 1.19 bits per heavy atom. The van der Waals surface area contributed by atoms with Crippen LogP contribution in [0.4, 0.5) is 0 Å². The number of aliphatic imine (C=N–C) groups is 1. The van der Waals surface area contributed by atoms with Gasteiger partial charge in [-0.1, -0.05) is 19.1 Å². The van der Waals surface area contributed by atoms with Crippen LogP contribution in [0.15, 0.2) is 29.3 Å². The molecule has 2 N–H and O–H groups in total. The van der Waals surface area contributed by atoms with Gasteiger partial charge in [0.1, 0.15) is 12.3 Å². The highest BCUT2D eigenvalue weighted by atomic mass is 16.5. The van der Waals surface area contributed by atoms with Crippen molar-refractivity contribution >= 4 is 11.9 Å². The first kappa shape index (κ1) is 24.9. The van der Waals surface area contributed by atoms with Gasteiger partial charge in [-0.3, -0.25) is 9.69 Å². The number of rotatable bonds is 11. The van der Waals surface area contributed by atoms with E-state index in [0.717, 1.165) is 64.5 Å². The number of carbonyl (C=O) groups is 1. The van der Waals surface area contributed by atoms with Crippen LogP contribution in [0.2, 0.25) is 0 Å². The number of benzene rings is 1. The highest BCUT2D eigenvalue weighted by Gasteiger charge is 2.10. The van der Waals surface area contributed by atoms with Crippen molar-refractivity contribution in [3.63, 3.8) is 0 Å². The molecule has 1 aliphatic rings. The minimum Gasteiger partial charge on any atom is -0.497 e. The lowest BCUT2D eigenvalue weighted by Gasteiger charge is -2.26. The van der Waals surface area contributed by atoms with Gasteiger partial charge in [0.05, 0.1) is 20.3 Å². The van der Waals surface area contributed by atoms with E-state index in [4.69, 9.17) is 9.47 Å². The molecule has 0 radical (unpaired) electrons. The summed E-state index contributed by atoms with van der Waals surface area (Å²) in [6.45, 7) is 8.62. The Hall–Kier alpha value is -2.32. The second-order valence-corrected chi connectivity index (χ2v) is 8.08. The number of likely N-dealkylation sites (N-methyl/N-ethyl adjacent to an activating group) is 1. The molecule has 1 fully saturated rings. The summed E-state index contributed by atoms with van der Waals surface area (Å²) in [7, 11) is 5.17. The smallest absolute Gasteiger partial charge is 0.243 e. The third-order valence-electron chi connectivity index (χ3n) is 5.47. The summed E-state index contributed by atoms with van der Waals surface area (Å²) in [6, 6.07) is 8.21. The van der Waals surface area contributed by atoms with Crippen LogP contribution in [0.3, 0.4) is 0 Å². The van der Waals surface area contributed by atoms with Crippen molar-refractivity contribution in [1.29, 1.82) is 0 Å². The fraction of sp³-hybridized carbons (Fsp3) is 0.652. The van der Waals surface area contributed by atoms with Gasteiger partial charge >= 0.3 is 0 Å². The van der Waals surface area contributed by atoms with E-state index in [9.17, 15) is 4.79 Å². The van der Waals surface area contributed by atoms with E-state index in [-0.39, 0.29) is 12.5 Å². The van der Waals surface area contributed by atoms with Gasteiger partial charge in [-0.25, -0.2) is 4.99 Å². The van der Waals surface area contributed by atoms with Gasteiger partial charge in [0, 0.05) is 40.3 Å². The minimum atomic E-state index is -0.0129. The van der Waals surface area contributed by atoms with Gasteiger partial charge in [-0.15, -0.1) is 0 Å². The van der Waals surface area contributed by atoms with Crippen molar-refractivity contribution in [1.82, 2.24) is 20.4 Å². The van der Waals surface area contributed by atoms with Crippen molar-refractivity contribution in [2.24, 2.45) is 4.99 Å². The zero-order chi connectivity index (χ0) is 22.5. The zero-order valence-electron chi connectivity index (χ0n) is 19.5. The molecule has 1 atom stereocenters. The maximum atomic E-state index is 11.9. The highest BCUT2D eigenvalue weighted by molar-refractivity contribution is 5.84. The SMILES string of the molecule is COc1ccc(C(C)CCNC(=NCC(=O)N(C)C)NCCCN2CCOCC2)cc1. The molecule has 1 unspecified atom stereocenters.